The summed E-state index contributed by atoms with van der Waals surface area (Å²) in [7, 11) is -3.58. The van der Waals surface area contributed by atoms with Crippen LogP contribution in [0.1, 0.15) is 29.5 Å². The van der Waals surface area contributed by atoms with E-state index < -0.39 is 10.0 Å². The smallest absolute Gasteiger partial charge is 0.259 e. The third-order valence-electron chi connectivity index (χ3n) is 5.49. The topological polar surface area (TPSA) is 102 Å². The third kappa shape index (κ3) is 4.64. The normalized spacial score (nSPS) is 20.2. The molecular weight excluding hydrogens is 402 g/mol. The summed E-state index contributed by atoms with van der Waals surface area (Å²) in [6.45, 7) is 1.85. The molecule has 0 radical (unpaired) electrons. The van der Waals surface area contributed by atoms with Crippen LogP contribution in [0.5, 0.6) is 5.75 Å². The van der Waals surface area contributed by atoms with Crippen LogP contribution < -0.4 is 10.5 Å². The molecule has 0 spiro atoms. The first-order chi connectivity index (χ1) is 14.4. The van der Waals surface area contributed by atoms with Gasteiger partial charge in [0.25, 0.3) is 10.0 Å². The van der Waals surface area contributed by atoms with E-state index in [2.05, 4.69) is 4.40 Å². The number of nitrogens with two attached hydrogens (primary N) is 1. The zero-order valence-electron chi connectivity index (χ0n) is 16.7. The van der Waals surface area contributed by atoms with Crippen LogP contribution in [0.25, 0.3) is 0 Å². The Morgan fingerprint density at radius 2 is 1.97 bits per heavy atom. The molecule has 1 atom stereocenters. The number of amides is 1. The highest BCUT2D eigenvalue weighted by Crippen LogP contribution is 2.29. The number of nitrogens with zero attached hydrogens (tertiary/aromatic N) is 2. The molecule has 7 nitrogen and oxygen atoms in total. The summed E-state index contributed by atoms with van der Waals surface area (Å²) >= 11 is 0. The van der Waals surface area contributed by atoms with E-state index in [1.165, 1.54) is 0 Å². The average molecular weight is 428 g/mol. The summed E-state index contributed by atoms with van der Waals surface area (Å²) in [5.41, 5.74) is 8.08. The van der Waals surface area contributed by atoms with Crippen molar-refractivity contribution in [3.05, 3.63) is 65.2 Å². The van der Waals surface area contributed by atoms with Crippen molar-refractivity contribution in [3.63, 3.8) is 0 Å². The van der Waals surface area contributed by atoms with Gasteiger partial charge in [0.05, 0.1) is 24.3 Å². The van der Waals surface area contributed by atoms with E-state index in [0.29, 0.717) is 36.4 Å². The Labute approximate surface area is 176 Å². The molecule has 0 bridgehead atoms. The van der Waals surface area contributed by atoms with Gasteiger partial charge in [-0.05, 0) is 30.0 Å². The van der Waals surface area contributed by atoms with Gasteiger partial charge in [-0.15, -0.1) is 4.40 Å². The first-order valence-corrected chi connectivity index (χ1v) is 11.7. The molecule has 0 aromatic heterocycles. The van der Waals surface area contributed by atoms with Gasteiger partial charge < -0.3 is 15.4 Å². The van der Waals surface area contributed by atoms with Crippen LogP contribution in [0.4, 0.5) is 0 Å². The lowest BCUT2D eigenvalue weighted by molar-refractivity contribution is -0.132. The Balaban J connectivity index is 1.40. The number of fused-ring (bicyclic) bond motifs is 1. The number of sulfonamides is 1. The second-order valence-corrected chi connectivity index (χ2v) is 9.45. The predicted octanol–water partition coefficient (Wildman–Crippen LogP) is 2.10. The molecule has 2 aliphatic heterocycles. The maximum atomic E-state index is 12.7. The van der Waals surface area contributed by atoms with Crippen molar-refractivity contribution < 1.29 is 17.9 Å². The Kier molecular flexibility index (Phi) is 5.76. The van der Waals surface area contributed by atoms with Crippen molar-refractivity contribution in [1.82, 2.24) is 4.90 Å². The lowest BCUT2D eigenvalue weighted by atomic mass is 9.98. The van der Waals surface area contributed by atoms with E-state index in [4.69, 9.17) is 10.5 Å². The van der Waals surface area contributed by atoms with Crippen molar-refractivity contribution in [2.45, 2.75) is 25.0 Å². The van der Waals surface area contributed by atoms with Crippen molar-refractivity contribution in [2.24, 2.45) is 16.0 Å². The van der Waals surface area contributed by atoms with Crippen molar-refractivity contribution >= 4 is 21.8 Å². The number of likely N-dealkylation sites (tertiary alicyclic amines) is 1. The van der Waals surface area contributed by atoms with Crippen LogP contribution in [0, 0.1) is 5.92 Å². The van der Waals surface area contributed by atoms with E-state index in [-0.39, 0.29) is 23.4 Å². The van der Waals surface area contributed by atoms with Crippen LogP contribution in [0.3, 0.4) is 0 Å². The molecule has 0 unspecified atom stereocenters. The lowest BCUT2D eigenvalue weighted by Gasteiger charge is -2.33. The van der Waals surface area contributed by atoms with Crippen LogP contribution in [0.2, 0.25) is 0 Å². The van der Waals surface area contributed by atoms with E-state index in [1.54, 1.807) is 18.2 Å². The van der Waals surface area contributed by atoms with Gasteiger partial charge in [-0.3, -0.25) is 4.79 Å². The molecule has 1 saturated heterocycles. The van der Waals surface area contributed by atoms with Gasteiger partial charge in [0, 0.05) is 19.0 Å². The number of amidine groups is 1. The second kappa shape index (κ2) is 8.47. The maximum Gasteiger partial charge on any atom is 0.259 e. The summed E-state index contributed by atoms with van der Waals surface area (Å²) in [6, 6.07) is 15.0. The number of hydrogen-bond acceptors (Lipinski definition) is 5. The third-order valence-corrected chi connectivity index (χ3v) is 6.64. The molecule has 30 heavy (non-hydrogen) atoms. The van der Waals surface area contributed by atoms with Crippen LogP contribution in [-0.4, -0.2) is 44.8 Å². The van der Waals surface area contributed by atoms with Gasteiger partial charge in [0.15, 0.2) is 0 Å². The zero-order valence-corrected chi connectivity index (χ0v) is 17.5. The highest BCUT2D eigenvalue weighted by atomic mass is 32.2. The number of carbonyl (C=O) groups is 1. The second-order valence-electron chi connectivity index (χ2n) is 7.81. The predicted molar refractivity (Wildman–Crippen MR) is 115 cm³/mol. The molecule has 8 heteroatoms. The summed E-state index contributed by atoms with van der Waals surface area (Å²) in [5.74, 6) is 0.668. The average Bonchev–Trinajstić information content (AvgIpc) is 2.72. The monoisotopic (exact) mass is 427 g/mol. The summed E-state index contributed by atoms with van der Waals surface area (Å²) in [4.78, 5) is 14.6. The first kappa shape index (κ1) is 20.4. The zero-order chi connectivity index (χ0) is 21.1. The molecule has 158 valence electrons. The molecule has 0 aliphatic carbocycles. The van der Waals surface area contributed by atoms with Crippen molar-refractivity contribution in [1.29, 1.82) is 0 Å². The highest BCUT2D eigenvalue weighted by molar-refractivity contribution is 7.89. The van der Waals surface area contributed by atoms with E-state index in [1.807, 2.05) is 35.2 Å². The minimum Gasteiger partial charge on any atom is -0.492 e. The molecule has 2 aromatic carbocycles. The number of ether oxygens (including phenoxy) is 1. The molecule has 1 fully saturated rings. The van der Waals surface area contributed by atoms with Gasteiger partial charge in [-0.2, -0.15) is 0 Å². The fraction of sp³-hybridized carbons (Fsp3) is 0.364. The Morgan fingerprint density at radius 3 is 2.77 bits per heavy atom. The summed E-state index contributed by atoms with van der Waals surface area (Å²) in [6.07, 6.45) is 2.31. The molecular formula is C22H25N3O4S. The first-order valence-electron chi connectivity index (χ1n) is 10.1. The summed E-state index contributed by atoms with van der Waals surface area (Å²) in [5, 5.41) is 0. The minimum atomic E-state index is -3.58. The number of hydrogen-bond donors (Lipinski definition) is 1. The maximum absolute atomic E-state index is 12.7. The standard InChI is InChI=1S/C22H25N3O4S/c23-22-21-18(15-30(27,28)24-22)9-4-10-19(21)29-14-17-8-5-11-25(13-17)20(26)12-16-6-2-1-3-7-16/h1-4,6-7,9-10,17H,5,8,11-15H2,(H2,23,24)/t17-/m0/s1. The molecule has 2 aliphatic rings. The van der Waals surface area contributed by atoms with Crippen molar-refractivity contribution in [2.75, 3.05) is 19.7 Å². The van der Waals surface area contributed by atoms with Crippen LogP contribution in [-0.2, 0) is 27.0 Å². The fourth-order valence-corrected chi connectivity index (χ4v) is 5.14. The van der Waals surface area contributed by atoms with Crippen LogP contribution in [0.15, 0.2) is 52.9 Å². The lowest BCUT2D eigenvalue weighted by Crippen LogP contribution is -2.42. The molecule has 1 amide bonds. The molecule has 0 saturated carbocycles. The quantitative estimate of drug-likeness (QED) is 0.787. The van der Waals surface area contributed by atoms with Gasteiger partial charge >= 0.3 is 0 Å². The Morgan fingerprint density at radius 1 is 1.17 bits per heavy atom. The van der Waals surface area contributed by atoms with Gasteiger partial charge in [-0.1, -0.05) is 42.5 Å². The van der Waals surface area contributed by atoms with E-state index in [9.17, 15) is 13.2 Å². The van der Waals surface area contributed by atoms with Gasteiger partial charge in [0.1, 0.15) is 11.6 Å². The Hall–Kier alpha value is -2.87. The number of piperidine rings is 1. The number of benzene rings is 2. The SMILES string of the molecule is NC1=NS(=O)(=O)Cc2cccc(OC[C@H]3CCCN(C(=O)Cc4ccccc4)C3)c21. The van der Waals surface area contributed by atoms with Gasteiger partial charge in [0.2, 0.25) is 5.91 Å². The highest BCUT2D eigenvalue weighted by Gasteiger charge is 2.27. The van der Waals surface area contributed by atoms with E-state index >= 15 is 0 Å². The van der Waals surface area contributed by atoms with E-state index in [0.717, 1.165) is 24.9 Å². The van der Waals surface area contributed by atoms with Gasteiger partial charge in [-0.25, -0.2) is 8.42 Å². The minimum absolute atomic E-state index is 0.0323. The fourth-order valence-electron chi connectivity index (χ4n) is 4.05. The largest absolute Gasteiger partial charge is 0.492 e. The summed E-state index contributed by atoms with van der Waals surface area (Å²) < 4.78 is 33.3. The molecule has 2 aromatic rings. The number of rotatable bonds is 5. The van der Waals surface area contributed by atoms with Crippen LogP contribution >= 0.6 is 0 Å². The Bertz CT molecular complexity index is 1070. The molecule has 4 rings (SSSR count). The van der Waals surface area contributed by atoms with Crippen molar-refractivity contribution in [3.8, 4) is 5.75 Å². The molecule has 2 N–H and O–H groups in total. The number of carbonyl (C=O) groups excluding carboxylic acids is 1. The molecule has 2 heterocycles.